The van der Waals surface area contributed by atoms with Crippen molar-refractivity contribution in [2.75, 3.05) is 7.11 Å². The maximum Gasteiger partial charge on any atom is 0.129 e. The SMILES string of the molecule is COc1csc(C(Cc2ccccc2)NN)c1. The van der Waals surface area contributed by atoms with Crippen LogP contribution < -0.4 is 16.0 Å². The first kappa shape index (κ1) is 12.1. The molecule has 0 aliphatic carbocycles. The van der Waals surface area contributed by atoms with Crippen LogP contribution in [0.5, 0.6) is 5.75 Å². The highest BCUT2D eigenvalue weighted by Gasteiger charge is 2.13. The zero-order chi connectivity index (χ0) is 12.1. The van der Waals surface area contributed by atoms with Gasteiger partial charge in [-0.25, -0.2) is 0 Å². The molecule has 0 aliphatic heterocycles. The Labute approximate surface area is 105 Å². The van der Waals surface area contributed by atoms with Crippen molar-refractivity contribution >= 4 is 11.3 Å². The molecule has 0 saturated carbocycles. The molecule has 2 rings (SSSR count). The van der Waals surface area contributed by atoms with Crippen molar-refractivity contribution in [2.24, 2.45) is 5.84 Å². The lowest BCUT2D eigenvalue weighted by atomic mass is 10.1. The van der Waals surface area contributed by atoms with Gasteiger partial charge in [-0.3, -0.25) is 11.3 Å². The van der Waals surface area contributed by atoms with E-state index in [9.17, 15) is 0 Å². The van der Waals surface area contributed by atoms with Crippen LogP contribution in [0.15, 0.2) is 41.8 Å². The molecule has 0 spiro atoms. The van der Waals surface area contributed by atoms with Crippen LogP contribution in [0.3, 0.4) is 0 Å². The lowest BCUT2D eigenvalue weighted by molar-refractivity contribution is 0.415. The van der Waals surface area contributed by atoms with Gasteiger partial charge in [-0.15, -0.1) is 11.3 Å². The van der Waals surface area contributed by atoms with Crippen LogP contribution in [-0.4, -0.2) is 7.11 Å². The Kier molecular flexibility index (Phi) is 4.14. The van der Waals surface area contributed by atoms with E-state index in [1.807, 2.05) is 29.6 Å². The third-order valence-electron chi connectivity index (χ3n) is 2.66. The lowest BCUT2D eigenvalue weighted by Gasteiger charge is -2.13. The fraction of sp³-hybridized carbons (Fsp3) is 0.231. The number of hydrazine groups is 1. The van der Waals surface area contributed by atoms with E-state index >= 15 is 0 Å². The zero-order valence-electron chi connectivity index (χ0n) is 9.72. The summed E-state index contributed by atoms with van der Waals surface area (Å²) in [5.41, 5.74) is 4.13. The number of ether oxygens (including phenoxy) is 1. The van der Waals surface area contributed by atoms with Crippen molar-refractivity contribution in [2.45, 2.75) is 12.5 Å². The molecule has 1 heterocycles. The highest BCUT2D eigenvalue weighted by Crippen LogP contribution is 2.28. The molecule has 1 aromatic heterocycles. The average molecular weight is 248 g/mol. The van der Waals surface area contributed by atoms with E-state index in [0.717, 1.165) is 12.2 Å². The van der Waals surface area contributed by atoms with Gasteiger partial charge in [-0.2, -0.15) is 0 Å². The summed E-state index contributed by atoms with van der Waals surface area (Å²) in [7, 11) is 1.67. The first-order chi connectivity index (χ1) is 8.33. The number of hydrogen-bond acceptors (Lipinski definition) is 4. The van der Waals surface area contributed by atoms with Crippen LogP contribution >= 0.6 is 11.3 Å². The Bertz CT molecular complexity index is 455. The van der Waals surface area contributed by atoms with Gasteiger partial charge in [0.25, 0.3) is 0 Å². The van der Waals surface area contributed by atoms with Gasteiger partial charge in [0.05, 0.1) is 13.2 Å². The smallest absolute Gasteiger partial charge is 0.129 e. The summed E-state index contributed by atoms with van der Waals surface area (Å²) in [6.45, 7) is 0. The molecule has 0 fully saturated rings. The molecule has 4 heteroatoms. The minimum Gasteiger partial charge on any atom is -0.496 e. The van der Waals surface area contributed by atoms with E-state index in [2.05, 4.69) is 17.6 Å². The number of methoxy groups -OCH3 is 1. The molecule has 0 aliphatic rings. The van der Waals surface area contributed by atoms with E-state index in [1.54, 1.807) is 18.4 Å². The summed E-state index contributed by atoms with van der Waals surface area (Å²) in [5, 5.41) is 1.99. The monoisotopic (exact) mass is 248 g/mol. The van der Waals surface area contributed by atoms with Crippen LogP contribution in [0.1, 0.15) is 16.5 Å². The molecular weight excluding hydrogens is 232 g/mol. The van der Waals surface area contributed by atoms with Crippen molar-refractivity contribution in [1.29, 1.82) is 0 Å². The second kappa shape index (κ2) is 5.82. The third-order valence-corrected chi connectivity index (χ3v) is 3.68. The first-order valence-corrected chi connectivity index (χ1v) is 6.34. The standard InChI is InChI=1S/C13H16N2OS/c1-16-11-8-13(17-9-11)12(15-14)7-10-5-3-2-4-6-10/h2-6,8-9,12,15H,7,14H2,1H3. The molecule has 0 saturated heterocycles. The van der Waals surface area contributed by atoms with E-state index in [-0.39, 0.29) is 6.04 Å². The highest BCUT2D eigenvalue weighted by atomic mass is 32.1. The predicted octanol–water partition coefficient (Wildman–Crippen LogP) is 2.50. The molecule has 0 bridgehead atoms. The van der Waals surface area contributed by atoms with E-state index < -0.39 is 0 Å². The van der Waals surface area contributed by atoms with Crippen molar-refractivity contribution in [3.8, 4) is 5.75 Å². The van der Waals surface area contributed by atoms with Gasteiger partial charge in [0, 0.05) is 10.3 Å². The quantitative estimate of drug-likeness (QED) is 0.631. The minimum atomic E-state index is 0.131. The molecule has 3 N–H and O–H groups in total. The van der Waals surface area contributed by atoms with Crippen molar-refractivity contribution in [1.82, 2.24) is 5.43 Å². The van der Waals surface area contributed by atoms with Crippen molar-refractivity contribution in [3.05, 3.63) is 52.2 Å². The third kappa shape index (κ3) is 3.06. The van der Waals surface area contributed by atoms with Gasteiger partial charge < -0.3 is 4.74 Å². The number of nitrogens with one attached hydrogen (secondary N) is 1. The van der Waals surface area contributed by atoms with Crippen molar-refractivity contribution < 1.29 is 4.74 Å². The van der Waals surface area contributed by atoms with Crippen LogP contribution in [0, 0.1) is 0 Å². The number of thiophene rings is 1. The number of rotatable bonds is 5. The lowest BCUT2D eigenvalue weighted by Crippen LogP contribution is -2.28. The maximum absolute atomic E-state index is 5.62. The minimum absolute atomic E-state index is 0.131. The first-order valence-electron chi connectivity index (χ1n) is 5.46. The fourth-order valence-corrected chi connectivity index (χ4v) is 2.63. The normalized spacial score (nSPS) is 12.4. The molecule has 3 nitrogen and oxygen atoms in total. The van der Waals surface area contributed by atoms with Crippen LogP contribution in [0.25, 0.3) is 0 Å². The van der Waals surface area contributed by atoms with Gasteiger partial charge >= 0.3 is 0 Å². The summed E-state index contributed by atoms with van der Waals surface area (Å²) in [6, 6.07) is 12.5. The highest BCUT2D eigenvalue weighted by molar-refractivity contribution is 7.10. The maximum atomic E-state index is 5.62. The Morgan fingerprint density at radius 3 is 2.71 bits per heavy atom. The second-order valence-electron chi connectivity index (χ2n) is 3.80. The Hall–Kier alpha value is -1.36. The Morgan fingerprint density at radius 1 is 1.35 bits per heavy atom. The van der Waals surface area contributed by atoms with Crippen LogP contribution in [0.4, 0.5) is 0 Å². The van der Waals surface area contributed by atoms with Crippen LogP contribution in [0.2, 0.25) is 0 Å². The van der Waals surface area contributed by atoms with Gasteiger partial charge in [-0.05, 0) is 18.1 Å². The van der Waals surface area contributed by atoms with Gasteiger partial charge in [0.2, 0.25) is 0 Å². The molecule has 1 aromatic carbocycles. The van der Waals surface area contributed by atoms with Gasteiger partial charge in [0.1, 0.15) is 5.75 Å². The molecule has 90 valence electrons. The largest absolute Gasteiger partial charge is 0.496 e. The van der Waals surface area contributed by atoms with E-state index in [0.29, 0.717) is 0 Å². The van der Waals surface area contributed by atoms with Gasteiger partial charge in [0.15, 0.2) is 0 Å². The molecule has 1 atom stereocenters. The number of nitrogens with two attached hydrogens (primary N) is 1. The molecular formula is C13H16N2OS. The number of benzene rings is 1. The Morgan fingerprint density at radius 2 is 2.12 bits per heavy atom. The van der Waals surface area contributed by atoms with Crippen LogP contribution in [-0.2, 0) is 6.42 Å². The van der Waals surface area contributed by atoms with Gasteiger partial charge in [-0.1, -0.05) is 30.3 Å². The summed E-state index contributed by atoms with van der Waals surface area (Å²) in [4.78, 5) is 1.19. The summed E-state index contributed by atoms with van der Waals surface area (Å²) >= 11 is 1.66. The Balaban J connectivity index is 2.11. The zero-order valence-corrected chi connectivity index (χ0v) is 10.5. The summed E-state index contributed by atoms with van der Waals surface area (Å²) in [5.74, 6) is 6.51. The topological polar surface area (TPSA) is 47.3 Å². The van der Waals surface area contributed by atoms with Crippen molar-refractivity contribution in [3.63, 3.8) is 0 Å². The molecule has 0 radical (unpaired) electrons. The molecule has 1 unspecified atom stereocenters. The van der Waals surface area contributed by atoms with E-state index in [1.165, 1.54) is 10.4 Å². The molecule has 17 heavy (non-hydrogen) atoms. The van der Waals surface area contributed by atoms with E-state index in [4.69, 9.17) is 10.6 Å². The molecule has 0 amide bonds. The summed E-state index contributed by atoms with van der Waals surface area (Å²) in [6.07, 6.45) is 0.876. The second-order valence-corrected chi connectivity index (χ2v) is 4.74. The fourth-order valence-electron chi connectivity index (χ4n) is 1.72. The average Bonchev–Trinajstić information content (AvgIpc) is 2.86. The molecule has 2 aromatic rings. The summed E-state index contributed by atoms with van der Waals surface area (Å²) < 4.78 is 5.18. The number of hydrogen-bond donors (Lipinski definition) is 2. The predicted molar refractivity (Wildman–Crippen MR) is 71.1 cm³/mol.